The van der Waals surface area contributed by atoms with Crippen molar-refractivity contribution in [3.8, 4) is 5.75 Å². The standard InChI is InChI=1S/C33H35FN4O6S.C2HF3O2/c1-19(2)45(41,42)28-8-6-5-7-24(28)30-25(33(40)44-4)14-16-38(30)32(39)29(21-9-12-26(34)27(18-21)43-3)37-22-10-11-23-20(17-22)13-15-36-31(23)35;3-2(4,5)1(6)7/h5-13,15,17-19,25,29-30,37H,14,16H2,1-4H3,(H2,35,36);(H,6,7)/t25-,29?,30-;/m0./s1. The van der Waals surface area contributed by atoms with Crippen LogP contribution in [0.2, 0.25) is 0 Å². The molecule has 52 heavy (non-hydrogen) atoms. The maximum absolute atomic E-state index is 14.7. The van der Waals surface area contributed by atoms with Gasteiger partial charge < -0.3 is 30.5 Å². The van der Waals surface area contributed by atoms with Gasteiger partial charge in [0.1, 0.15) is 11.9 Å². The number of nitrogens with two attached hydrogens (primary N) is 1. The quantitative estimate of drug-likeness (QED) is 0.141. The average Bonchev–Trinajstić information content (AvgIpc) is 3.55. The number of anilines is 2. The lowest BCUT2D eigenvalue weighted by Gasteiger charge is -2.33. The van der Waals surface area contributed by atoms with E-state index in [1.54, 1.807) is 56.4 Å². The molecule has 0 spiro atoms. The summed E-state index contributed by atoms with van der Waals surface area (Å²) >= 11 is 0. The Bertz CT molecular complexity index is 2080. The summed E-state index contributed by atoms with van der Waals surface area (Å²) < 4.78 is 83.5. The number of hydrogen-bond donors (Lipinski definition) is 3. The molecule has 278 valence electrons. The fourth-order valence-corrected chi connectivity index (χ4v) is 7.12. The number of aromatic nitrogens is 1. The fraction of sp³-hybridized carbons (Fsp3) is 0.314. The van der Waals surface area contributed by atoms with Crippen molar-refractivity contribution in [2.75, 3.05) is 31.8 Å². The highest BCUT2D eigenvalue weighted by molar-refractivity contribution is 7.92. The molecular formula is C35H36F4N4O8S. The average molecular weight is 749 g/mol. The number of carbonyl (C=O) groups excluding carboxylic acids is 2. The van der Waals surface area contributed by atoms with Crippen molar-refractivity contribution in [3.05, 3.63) is 89.9 Å². The highest BCUT2D eigenvalue weighted by Crippen LogP contribution is 2.43. The Morgan fingerprint density at radius 2 is 1.71 bits per heavy atom. The van der Waals surface area contributed by atoms with E-state index in [1.807, 2.05) is 6.07 Å². The van der Waals surface area contributed by atoms with Gasteiger partial charge in [0.2, 0.25) is 5.91 Å². The molecule has 4 aromatic rings. The van der Waals surface area contributed by atoms with E-state index in [0.717, 1.165) is 10.8 Å². The number of ether oxygens (including phenoxy) is 2. The molecule has 1 fully saturated rings. The molecule has 3 aromatic carbocycles. The molecule has 0 radical (unpaired) electrons. The lowest BCUT2D eigenvalue weighted by Crippen LogP contribution is -2.40. The van der Waals surface area contributed by atoms with E-state index in [-0.39, 0.29) is 23.6 Å². The number of nitrogens with zero attached hydrogens (tertiary/aromatic N) is 2. The zero-order valence-corrected chi connectivity index (χ0v) is 29.2. The second kappa shape index (κ2) is 15.8. The largest absolute Gasteiger partial charge is 0.494 e. The molecule has 2 heterocycles. The third-order valence-corrected chi connectivity index (χ3v) is 10.7. The van der Waals surface area contributed by atoms with E-state index in [0.29, 0.717) is 22.6 Å². The number of benzene rings is 3. The van der Waals surface area contributed by atoms with Gasteiger partial charge in [-0.3, -0.25) is 9.59 Å². The van der Waals surface area contributed by atoms with E-state index < -0.39 is 62.9 Å². The predicted octanol–water partition coefficient (Wildman–Crippen LogP) is 5.70. The Kier molecular flexibility index (Phi) is 12.0. The molecule has 12 nitrogen and oxygen atoms in total. The van der Waals surface area contributed by atoms with Crippen molar-refractivity contribution in [1.82, 2.24) is 9.88 Å². The van der Waals surface area contributed by atoms with Crippen LogP contribution in [-0.2, 0) is 29.0 Å². The van der Waals surface area contributed by atoms with Crippen LogP contribution in [0.5, 0.6) is 5.75 Å². The molecule has 5 rings (SSSR count). The number of esters is 1. The first-order valence-corrected chi connectivity index (χ1v) is 17.2. The third kappa shape index (κ3) is 8.36. The molecule has 0 saturated carbocycles. The maximum atomic E-state index is 14.7. The molecule has 1 amide bonds. The van der Waals surface area contributed by atoms with Crippen LogP contribution in [0.25, 0.3) is 10.8 Å². The number of halogens is 4. The van der Waals surface area contributed by atoms with Gasteiger partial charge in [-0.2, -0.15) is 13.2 Å². The molecule has 0 bridgehead atoms. The Hall–Kier alpha value is -5.45. The summed E-state index contributed by atoms with van der Waals surface area (Å²) in [6.45, 7) is 3.31. The zero-order valence-electron chi connectivity index (χ0n) is 28.3. The minimum atomic E-state index is -5.08. The highest BCUT2D eigenvalue weighted by atomic mass is 32.2. The normalized spacial score (nSPS) is 16.5. The number of methoxy groups -OCH3 is 2. The molecule has 1 aliphatic rings. The summed E-state index contributed by atoms with van der Waals surface area (Å²) in [4.78, 5) is 42.3. The predicted molar refractivity (Wildman–Crippen MR) is 183 cm³/mol. The number of nitrogen functional groups attached to an aromatic ring is 1. The van der Waals surface area contributed by atoms with Crippen LogP contribution in [0, 0.1) is 11.7 Å². The minimum Gasteiger partial charge on any atom is -0.494 e. The van der Waals surface area contributed by atoms with Crippen molar-refractivity contribution in [3.63, 3.8) is 0 Å². The summed E-state index contributed by atoms with van der Waals surface area (Å²) in [5, 5.41) is 11.2. The number of pyridine rings is 1. The first kappa shape index (κ1) is 39.3. The molecular weight excluding hydrogens is 712 g/mol. The van der Waals surface area contributed by atoms with Crippen molar-refractivity contribution < 1.29 is 54.9 Å². The Morgan fingerprint density at radius 3 is 2.33 bits per heavy atom. The van der Waals surface area contributed by atoms with Crippen LogP contribution in [0.3, 0.4) is 0 Å². The number of fused-ring (bicyclic) bond motifs is 1. The molecule has 1 saturated heterocycles. The number of sulfone groups is 1. The van der Waals surface area contributed by atoms with E-state index in [1.165, 1.54) is 43.4 Å². The molecule has 0 aliphatic carbocycles. The van der Waals surface area contributed by atoms with Crippen molar-refractivity contribution >= 4 is 50.0 Å². The van der Waals surface area contributed by atoms with Gasteiger partial charge in [-0.15, -0.1) is 0 Å². The first-order valence-electron chi connectivity index (χ1n) is 15.7. The Morgan fingerprint density at radius 1 is 1.04 bits per heavy atom. The van der Waals surface area contributed by atoms with Gasteiger partial charge in [0.15, 0.2) is 21.4 Å². The van der Waals surface area contributed by atoms with Crippen molar-refractivity contribution in [2.45, 2.75) is 48.7 Å². The molecule has 17 heteroatoms. The van der Waals surface area contributed by atoms with Crippen LogP contribution in [0.1, 0.15) is 43.5 Å². The molecule has 4 N–H and O–H groups in total. The van der Waals surface area contributed by atoms with Crippen LogP contribution in [0.4, 0.5) is 29.1 Å². The van der Waals surface area contributed by atoms with Gasteiger partial charge in [0.05, 0.1) is 36.3 Å². The van der Waals surface area contributed by atoms with E-state index in [9.17, 15) is 35.6 Å². The van der Waals surface area contributed by atoms with Crippen molar-refractivity contribution in [1.29, 1.82) is 0 Å². The summed E-state index contributed by atoms with van der Waals surface area (Å²) in [6.07, 6.45) is -3.25. The number of nitrogens with one attached hydrogen (secondary N) is 1. The SMILES string of the molecule is COC(=O)[C@H]1CCN(C(=O)C(Nc2ccc3c(N)nccc3c2)c2ccc(F)c(OC)c2)[C@H]1c1ccccc1S(=O)(=O)C(C)C.O=C(O)C(F)(F)F. The van der Waals surface area contributed by atoms with Crippen LogP contribution >= 0.6 is 0 Å². The number of carboxylic acids is 1. The number of carbonyl (C=O) groups is 3. The zero-order chi connectivity index (χ0) is 38.5. The third-order valence-electron chi connectivity index (χ3n) is 8.45. The highest BCUT2D eigenvalue weighted by Gasteiger charge is 2.46. The molecule has 1 aromatic heterocycles. The van der Waals surface area contributed by atoms with Crippen LogP contribution in [-0.4, -0.2) is 73.4 Å². The fourth-order valence-electron chi connectivity index (χ4n) is 5.83. The summed E-state index contributed by atoms with van der Waals surface area (Å²) in [5.74, 6) is -4.87. The van der Waals surface area contributed by atoms with Gasteiger partial charge in [-0.1, -0.05) is 24.3 Å². The van der Waals surface area contributed by atoms with Gasteiger partial charge in [-0.25, -0.2) is 22.6 Å². The number of alkyl halides is 3. The Balaban J connectivity index is 0.000000785. The number of hydrogen-bond acceptors (Lipinski definition) is 10. The second-order valence-electron chi connectivity index (χ2n) is 11.9. The number of aliphatic carboxylic acids is 1. The van der Waals surface area contributed by atoms with Crippen LogP contribution in [0.15, 0.2) is 77.8 Å². The minimum absolute atomic E-state index is 0.0484. The second-order valence-corrected chi connectivity index (χ2v) is 14.4. The van der Waals surface area contributed by atoms with Gasteiger partial charge in [-0.05, 0) is 79.2 Å². The van der Waals surface area contributed by atoms with E-state index in [4.69, 9.17) is 25.1 Å². The van der Waals surface area contributed by atoms with E-state index in [2.05, 4.69) is 10.3 Å². The summed E-state index contributed by atoms with van der Waals surface area (Å²) in [6, 6.07) is 15.7. The summed E-state index contributed by atoms with van der Waals surface area (Å²) in [5.41, 5.74) is 7.33. The van der Waals surface area contributed by atoms with E-state index >= 15 is 0 Å². The number of carboxylic acid groups (broad SMARTS) is 1. The number of rotatable bonds is 9. The molecule has 1 unspecified atom stereocenters. The topological polar surface area (TPSA) is 178 Å². The number of amides is 1. The Labute approximate surface area is 296 Å². The lowest BCUT2D eigenvalue weighted by atomic mass is 9.93. The van der Waals surface area contributed by atoms with Crippen molar-refractivity contribution in [2.24, 2.45) is 5.92 Å². The molecule has 1 aliphatic heterocycles. The smallest absolute Gasteiger partial charge is 0.490 e. The first-order chi connectivity index (χ1) is 24.4. The van der Waals surface area contributed by atoms with Gasteiger partial charge in [0, 0.05) is 23.8 Å². The monoisotopic (exact) mass is 748 g/mol. The van der Waals surface area contributed by atoms with Gasteiger partial charge in [0.25, 0.3) is 0 Å². The number of likely N-dealkylation sites (tertiary alicyclic amines) is 1. The van der Waals surface area contributed by atoms with Gasteiger partial charge >= 0.3 is 18.1 Å². The summed E-state index contributed by atoms with van der Waals surface area (Å²) in [7, 11) is -1.20. The molecule has 3 atom stereocenters. The maximum Gasteiger partial charge on any atom is 0.490 e. The lowest BCUT2D eigenvalue weighted by molar-refractivity contribution is -0.192. The van der Waals surface area contributed by atoms with Crippen LogP contribution < -0.4 is 15.8 Å².